The third-order valence-electron chi connectivity index (χ3n) is 7.16. The molecule has 0 unspecified atom stereocenters. The molecule has 0 saturated heterocycles. The molecule has 0 N–H and O–H groups in total. The minimum absolute atomic E-state index is 0. The van der Waals surface area contributed by atoms with Crippen LogP contribution in [0.2, 0.25) is 0 Å². The number of carbonyl (C=O) groups is 5. The van der Waals surface area contributed by atoms with E-state index < -0.39 is 43.4 Å². The van der Waals surface area contributed by atoms with Crippen molar-refractivity contribution < 1.29 is 61.9 Å². The Hall–Kier alpha value is -7.77. The highest BCUT2D eigenvalue weighted by Gasteiger charge is 2.22. The average molecular weight is 873 g/mol. The van der Waals surface area contributed by atoms with E-state index in [-0.39, 0.29) is 91.0 Å². The maximum atomic E-state index is 13.6. The normalized spacial score (nSPS) is 9.21. The van der Waals surface area contributed by atoms with Gasteiger partial charge in [0, 0.05) is 23.8 Å². The number of nitriles is 1. The van der Waals surface area contributed by atoms with Crippen LogP contribution in [-0.2, 0) is 28.6 Å². The zero-order valence-electron chi connectivity index (χ0n) is 29.1. The van der Waals surface area contributed by atoms with Gasteiger partial charge in [0.1, 0.15) is 21.0 Å². The highest BCUT2D eigenvalue weighted by molar-refractivity contribution is 7.22. The van der Waals surface area contributed by atoms with Crippen LogP contribution in [0.4, 0.5) is 0 Å². The number of rotatable bonds is 17. The lowest BCUT2D eigenvalue weighted by atomic mass is 10.1. The van der Waals surface area contributed by atoms with Gasteiger partial charge in [0.25, 0.3) is 0 Å². The smallest absolute Gasteiger partial charge is 0.343 e. The second-order valence-electron chi connectivity index (χ2n) is 10.7. The third-order valence-corrected chi connectivity index (χ3v) is 8.28. The van der Waals surface area contributed by atoms with E-state index in [4.69, 9.17) is 42.9 Å². The number of esters is 5. The number of hydrogen-bond donors (Lipinski definition) is 0. The lowest BCUT2D eigenvalue weighted by Gasteiger charge is -2.14. The minimum Gasteiger partial charge on any atom is -0.457 e. The van der Waals surface area contributed by atoms with Crippen molar-refractivity contribution in [1.29, 1.82) is 5.26 Å². The summed E-state index contributed by atoms with van der Waals surface area (Å²) in [5, 5.41) is 9.72. The van der Waals surface area contributed by atoms with Crippen LogP contribution >= 0.6 is 11.3 Å². The Labute approximate surface area is 366 Å². The molecule has 0 atom stereocenters. The van der Waals surface area contributed by atoms with Crippen LogP contribution in [-0.4, -0.2) is 55.2 Å². The van der Waals surface area contributed by atoms with E-state index >= 15 is 0 Å². The quantitative estimate of drug-likeness (QED) is 0.0281. The van der Waals surface area contributed by atoms with Crippen molar-refractivity contribution in [3.05, 3.63) is 134 Å². The van der Waals surface area contributed by atoms with E-state index in [0.29, 0.717) is 26.6 Å². The van der Waals surface area contributed by atoms with E-state index in [0.717, 1.165) is 29.6 Å². The molecular formula is C46H52N2O13S. The lowest BCUT2D eigenvalue weighted by Crippen LogP contribution is -2.13. The lowest BCUT2D eigenvalue weighted by molar-refractivity contribution is -0.146. The van der Waals surface area contributed by atoms with E-state index in [1.165, 1.54) is 54.6 Å². The molecule has 0 amide bonds. The second kappa shape index (κ2) is 27.1. The van der Waals surface area contributed by atoms with Gasteiger partial charge in [-0.05, 0) is 66.7 Å². The van der Waals surface area contributed by atoms with Crippen molar-refractivity contribution in [2.75, 3.05) is 20.4 Å². The fraction of sp³-hybridized carbons (Fsp3) is 0.196. The maximum Gasteiger partial charge on any atom is 0.343 e. The standard InChI is InChI=1S/C40H28N2O13S.6CH4/c1-4-33(43)51-21-48-28-14-11-26(12-15-28)39(46)55-31-18-17-30(36-37(31)56-38(42-36)25-9-7-24(20-41)8-10-25)54-40(47)27-13-16-29(49-22-52-34(44)5-2)32(19-27)50-23-53-35(45)6-3;;;;;;/h4-19H,1-3,21-23H2;6*1H4. The predicted molar refractivity (Wildman–Crippen MR) is 238 cm³/mol. The van der Waals surface area contributed by atoms with Gasteiger partial charge in [-0.3, -0.25) is 0 Å². The molecule has 1 aromatic heterocycles. The summed E-state index contributed by atoms with van der Waals surface area (Å²) in [4.78, 5) is 65.7. The Balaban J connectivity index is 0. The summed E-state index contributed by atoms with van der Waals surface area (Å²) in [6, 6.07) is 21.4. The van der Waals surface area contributed by atoms with Crippen LogP contribution in [0.15, 0.2) is 117 Å². The molecular weight excluding hydrogens is 821 g/mol. The van der Waals surface area contributed by atoms with E-state index in [1.807, 2.05) is 0 Å². The van der Waals surface area contributed by atoms with Crippen LogP contribution < -0.4 is 23.7 Å². The number of fused-ring (bicyclic) bond motifs is 1. The molecule has 0 saturated carbocycles. The van der Waals surface area contributed by atoms with Crippen LogP contribution in [0.3, 0.4) is 0 Å². The van der Waals surface area contributed by atoms with E-state index in [1.54, 1.807) is 24.3 Å². The van der Waals surface area contributed by atoms with Gasteiger partial charge >= 0.3 is 29.8 Å². The summed E-state index contributed by atoms with van der Waals surface area (Å²) in [5.41, 5.74) is 1.40. The van der Waals surface area contributed by atoms with Crippen LogP contribution in [0.5, 0.6) is 28.7 Å². The number of thiazole rings is 1. The number of aromatic nitrogens is 1. The highest BCUT2D eigenvalue weighted by Crippen LogP contribution is 2.41. The SMILES string of the molecule is C.C.C.C.C.C.C=CC(=O)OCOc1ccc(C(=O)Oc2ccc(OC(=O)c3ccc(OCOC(=O)C=C)c(OCOC(=O)C=C)c3)c3nc(-c4ccc(C#N)cc4)sc23)cc1. The van der Waals surface area contributed by atoms with Gasteiger partial charge in [-0.15, -0.1) is 11.3 Å². The Morgan fingerprint density at radius 2 is 1.05 bits per heavy atom. The number of hydrogen-bond acceptors (Lipinski definition) is 16. The summed E-state index contributed by atoms with van der Waals surface area (Å²) in [5.74, 6) is -3.32. The Kier molecular flexibility index (Phi) is 24.6. The van der Waals surface area contributed by atoms with Crippen molar-refractivity contribution in [1.82, 2.24) is 4.98 Å². The maximum absolute atomic E-state index is 13.6. The molecule has 62 heavy (non-hydrogen) atoms. The first kappa shape index (κ1) is 56.3. The van der Waals surface area contributed by atoms with Gasteiger partial charge in [-0.1, -0.05) is 76.4 Å². The molecule has 330 valence electrons. The van der Waals surface area contributed by atoms with E-state index in [2.05, 4.69) is 25.8 Å². The average Bonchev–Trinajstić information content (AvgIpc) is 3.68. The van der Waals surface area contributed by atoms with Crippen molar-refractivity contribution in [2.24, 2.45) is 0 Å². The third kappa shape index (κ3) is 14.8. The molecule has 16 heteroatoms. The van der Waals surface area contributed by atoms with Gasteiger partial charge in [-0.2, -0.15) is 5.26 Å². The molecule has 0 spiro atoms. The predicted octanol–water partition coefficient (Wildman–Crippen LogP) is 10.3. The Morgan fingerprint density at radius 3 is 1.60 bits per heavy atom. The van der Waals surface area contributed by atoms with Crippen LogP contribution in [0, 0.1) is 11.3 Å². The summed E-state index contributed by atoms with van der Waals surface area (Å²) in [6.07, 6.45) is 2.88. The summed E-state index contributed by atoms with van der Waals surface area (Å²) >= 11 is 1.15. The fourth-order valence-corrected chi connectivity index (χ4v) is 5.48. The molecule has 4 aromatic carbocycles. The van der Waals surface area contributed by atoms with Crippen molar-refractivity contribution in [3.8, 4) is 45.4 Å². The molecule has 0 fully saturated rings. The monoisotopic (exact) mass is 872 g/mol. The topological polar surface area (TPSA) is 196 Å². The Morgan fingerprint density at radius 1 is 0.581 bits per heavy atom. The molecule has 5 aromatic rings. The van der Waals surface area contributed by atoms with Crippen LogP contribution in [0.25, 0.3) is 20.8 Å². The number of benzene rings is 4. The Bertz CT molecular complexity index is 2360. The molecule has 0 aliphatic heterocycles. The molecule has 15 nitrogen and oxygen atoms in total. The van der Waals surface area contributed by atoms with Gasteiger partial charge in [0.05, 0.1) is 22.8 Å². The highest BCUT2D eigenvalue weighted by atomic mass is 32.1. The molecule has 1 heterocycles. The molecule has 0 aliphatic carbocycles. The summed E-state index contributed by atoms with van der Waals surface area (Å²) in [6.45, 7) is 8.47. The van der Waals surface area contributed by atoms with Gasteiger partial charge in [0.15, 0.2) is 23.0 Å². The van der Waals surface area contributed by atoms with E-state index in [9.17, 15) is 29.2 Å². The first-order valence-electron chi connectivity index (χ1n) is 16.0. The molecule has 5 rings (SSSR count). The molecule has 0 aliphatic rings. The van der Waals surface area contributed by atoms with Crippen molar-refractivity contribution in [3.63, 3.8) is 0 Å². The first-order valence-corrected chi connectivity index (χ1v) is 16.8. The molecule has 0 radical (unpaired) electrons. The second-order valence-corrected chi connectivity index (χ2v) is 11.7. The zero-order valence-corrected chi connectivity index (χ0v) is 29.9. The van der Waals surface area contributed by atoms with Crippen molar-refractivity contribution >= 4 is 51.4 Å². The largest absolute Gasteiger partial charge is 0.457 e. The molecule has 0 bridgehead atoms. The van der Waals surface area contributed by atoms with Crippen molar-refractivity contribution in [2.45, 2.75) is 44.6 Å². The van der Waals surface area contributed by atoms with Gasteiger partial charge < -0.3 is 37.9 Å². The van der Waals surface area contributed by atoms with Crippen LogP contribution in [0.1, 0.15) is 70.8 Å². The summed E-state index contributed by atoms with van der Waals surface area (Å²) < 4.78 is 42.7. The number of carbonyl (C=O) groups excluding carboxylic acids is 5. The number of nitrogens with zero attached hydrogens (tertiary/aromatic N) is 2. The summed E-state index contributed by atoms with van der Waals surface area (Å²) in [7, 11) is 0. The van der Waals surface area contributed by atoms with Gasteiger partial charge in [0.2, 0.25) is 20.4 Å². The minimum atomic E-state index is -0.858. The van der Waals surface area contributed by atoms with Gasteiger partial charge in [-0.25, -0.2) is 29.0 Å². The zero-order chi connectivity index (χ0) is 40.0. The number of ether oxygens (including phenoxy) is 8. The first-order chi connectivity index (χ1) is 27.1. The fourth-order valence-electron chi connectivity index (χ4n) is 4.44.